The van der Waals surface area contributed by atoms with Gasteiger partial charge in [-0.05, 0) is 29.9 Å². The number of rotatable bonds is 3. The SMILES string of the molecule is O=C(/C=C(/c1ccccc1)C(F)(F)F)N1CCC(c2ccccc2)CC1. The number of hydrogen-bond acceptors (Lipinski definition) is 1. The molecule has 5 heteroatoms. The van der Waals surface area contributed by atoms with Gasteiger partial charge in [0.1, 0.15) is 0 Å². The number of benzene rings is 2. The molecule has 2 nitrogen and oxygen atoms in total. The Morgan fingerprint density at radius 2 is 1.46 bits per heavy atom. The van der Waals surface area contributed by atoms with Crippen LogP contribution in [-0.2, 0) is 4.79 Å². The molecule has 26 heavy (non-hydrogen) atoms. The van der Waals surface area contributed by atoms with Crippen molar-refractivity contribution in [3.05, 3.63) is 77.9 Å². The molecule has 2 aromatic rings. The fourth-order valence-electron chi connectivity index (χ4n) is 3.32. The van der Waals surface area contributed by atoms with Crippen LogP contribution in [0.2, 0.25) is 0 Å². The van der Waals surface area contributed by atoms with Crippen LogP contribution in [0, 0.1) is 0 Å². The predicted octanol–water partition coefficient (Wildman–Crippen LogP) is 5.04. The third kappa shape index (κ3) is 4.34. The highest BCUT2D eigenvalue weighted by atomic mass is 19.4. The highest BCUT2D eigenvalue weighted by Crippen LogP contribution is 2.34. The Kier molecular flexibility index (Phi) is 5.45. The molecule has 1 amide bonds. The minimum Gasteiger partial charge on any atom is -0.339 e. The van der Waals surface area contributed by atoms with Gasteiger partial charge in [-0.15, -0.1) is 0 Å². The molecule has 3 rings (SSSR count). The first-order valence-corrected chi connectivity index (χ1v) is 8.63. The molecule has 1 aliphatic heterocycles. The first kappa shape index (κ1) is 18.2. The van der Waals surface area contributed by atoms with E-state index in [1.165, 1.54) is 34.7 Å². The van der Waals surface area contributed by atoms with Crippen LogP contribution in [0.25, 0.3) is 5.57 Å². The third-order valence-corrected chi connectivity index (χ3v) is 4.74. The number of halogens is 3. The van der Waals surface area contributed by atoms with Gasteiger partial charge < -0.3 is 4.90 Å². The summed E-state index contributed by atoms with van der Waals surface area (Å²) >= 11 is 0. The van der Waals surface area contributed by atoms with Crippen LogP contribution >= 0.6 is 0 Å². The smallest absolute Gasteiger partial charge is 0.339 e. The molecule has 1 saturated heterocycles. The molecule has 0 atom stereocenters. The van der Waals surface area contributed by atoms with Crippen LogP contribution < -0.4 is 0 Å². The third-order valence-electron chi connectivity index (χ3n) is 4.74. The molecule has 1 heterocycles. The Balaban J connectivity index is 1.72. The summed E-state index contributed by atoms with van der Waals surface area (Å²) in [5.41, 5.74) is 0.330. The van der Waals surface area contributed by atoms with E-state index < -0.39 is 17.7 Å². The first-order valence-electron chi connectivity index (χ1n) is 8.63. The van der Waals surface area contributed by atoms with Crippen LogP contribution in [0.5, 0.6) is 0 Å². The zero-order valence-electron chi connectivity index (χ0n) is 14.2. The Bertz CT molecular complexity index is 761. The summed E-state index contributed by atoms with van der Waals surface area (Å²) in [5, 5.41) is 0. The summed E-state index contributed by atoms with van der Waals surface area (Å²) in [5.74, 6) is -0.229. The summed E-state index contributed by atoms with van der Waals surface area (Å²) in [6.45, 7) is 0.934. The van der Waals surface area contributed by atoms with E-state index >= 15 is 0 Å². The maximum atomic E-state index is 13.4. The lowest BCUT2D eigenvalue weighted by Crippen LogP contribution is -2.37. The van der Waals surface area contributed by atoms with Crippen molar-refractivity contribution in [2.24, 2.45) is 0 Å². The highest BCUT2D eigenvalue weighted by molar-refractivity contribution is 5.96. The van der Waals surface area contributed by atoms with Crippen molar-refractivity contribution in [2.45, 2.75) is 24.9 Å². The van der Waals surface area contributed by atoms with E-state index in [-0.39, 0.29) is 5.56 Å². The predicted molar refractivity (Wildman–Crippen MR) is 95.5 cm³/mol. The van der Waals surface area contributed by atoms with Gasteiger partial charge in [-0.25, -0.2) is 0 Å². The number of carbonyl (C=O) groups excluding carboxylic acids is 1. The normalized spacial score (nSPS) is 16.6. The maximum absolute atomic E-state index is 13.4. The Morgan fingerprint density at radius 1 is 0.923 bits per heavy atom. The van der Waals surface area contributed by atoms with E-state index in [4.69, 9.17) is 0 Å². The Labute approximate surface area is 150 Å². The number of amides is 1. The molecule has 0 saturated carbocycles. The molecule has 1 aliphatic rings. The molecule has 0 spiro atoms. The quantitative estimate of drug-likeness (QED) is 0.703. The summed E-state index contributed by atoms with van der Waals surface area (Å²) in [4.78, 5) is 13.9. The second-order valence-corrected chi connectivity index (χ2v) is 6.43. The van der Waals surface area contributed by atoms with Crippen molar-refractivity contribution in [2.75, 3.05) is 13.1 Å². The van der Waals surface area contributed by atoms with Crippen LogP contribution in [-0.4, -0.2) is 30.1 Å². The molecular weight excluding hydrogens is 339 g/mol. The summed E-state index contributed by atoms with van der Waals surface area (Å²) in [7, 11) is 0. The van der Waals surface area contributed by atoms with Gasteiger partial charge in [-0.3, -0.25) is 4.79 Å². The number of allylic oxidation sites excluding steroid dienone is 1. The lowest BCUT2D eigenvalue weighted by Gasteiger charge is -2.32. The van der Waals surface area contributed by atoms with Gasteiger partial charge in [0.2, 0.25) is 5.91 Å². The second kappa shape index (κ2) is 7.77. The van der Waals surface area contributed by atoms with Crippen molar-refractivity contribution < 1.29 is 18.0 Å². The van der Waals surface area contributed by atoms with E-state index in [2.05, 4.69) is 12.1 Å². The second-order valence-electron chi connectivity index (χ2n) is 6.43. The number of nitrogens with zero attached hydrogens (tertiary/aromatic N) is 1. The van der Waals surface area contributed by atoms with Crippen molar-refractivity contribution in [1.29, 1.82) is 0 Å². The minimum atomic E-state index is -4.57. The van der Waals surface area contributed by atoms with E-state index in [0.29, 0.717) is 19.0 Å². The number of alkyl halides is 3. The zero-order chi connectivity index (χ0) is 18.6. The van der Waals surface area contributed by atoms with Gasteiger partial charge in [-0.2, -0.15) is 13.2 Å². The topological polar surface area (TPSA) is 20.3 Å². The summed E-state index contributed by atoms with van der Waals surface area (Å²) in [6.07, 6.45) is -2.32. The fraction of sp³-hybridized carbons (Fsp3) is 0.286. The molecule has 0 unspecified atom stereocenters. The van der Waals surface area contributed by atoms with Gasteiger partial charge in [-0.1, -0.05) is 60.7 Å². The molecule has 0 aliphatic carbocycles. The summed E-state index contributed by atoms with van der Waals surface area (Å²) < 4.78 is 40.1. The van der Waals surface area contributed by atoms with Gasteiger partial charge in [0, 0.05) is 19.2 Å². The number of piperidine rings is 1. The van der Waals surface area contributed by atoms with Crippen LogP contribution in [0.15, 0.2) is 66.7 Å². The van der Waals surface area contributed by atoms with E-state index in [9.17, 15) is 18.0 Å². The molecule has 0 aromatic heterocycles. The van der Waals surface area contributed by atoms with Crippen molar-refractivity contribution >= 4 is 11.5 Å². The summed E-state index contributed by atoms with van der Waals surface area (Å²) in [6, 6.07) is 17.5. The average Bonchev–Trinajstić information content (AvgIpc) is 2.66. The molecule has 2 aromatic carbocycles. The molecule has 136 valence electrons. The molecule has 0 bridgehead atoms. The molecule has 1 fully saturated rings. The van der Waals surface area contributed by atoms with Crippen molar-refractivity contribution in [3.63, 3.8) is 0 Å². The Hall–Kier alpha value is -2.56. The van der Waals surface area contributed by atoms with Crippen LogP contribution in [0.1, 0.15) is 29.9 Å². The maximum Gasteiger partial charge on any atom is 0.417 e. The number of likely N-dealkylation sites (tertiary alicyclic amines) is 1. The van der Waals surface area contributed by atoms with E-state index in [1.54, 1.807) is 6.07 Å². The largest absolute Gasteiger partial charge is 0.417 e. The van der Waals surface area contributed by atoms with Gasteiger partial charge >= 0.3 is 6.18 Å². The molecular formula is C21H20F3NO. The molecule has 0 N–H and O–H groups in total. The standard InChI is InChI=1S/C21H20F3NO/c22-21(23,24)19(18-9-5-2-6-10-18)15-20(26)25-13-11-17(12-14-25)16-7-3-1-4-8-16/h1-10,15,17H,11-14H2/b19-15-. The fourth-order valence-corrected chi connectivity index (χ4v) is 3.32. The lowest BCUT2D eigenvalue weighted by atomic mass is 9.89. The van der Waals surface area contributed by atoms with Gasteiger partial charge in [0.25, 0.3) is 0 Å². The first-order chi connectivity index (χ1) is 12.4. The number of hydrogen-bond donors (Lipinski definition) is 0. The van der Waals surface area contributed by atoms with Gasteiger partial charge in [0.05, 0.1) is 5.57 Å². The van der Waals surface area contributed by atoms with Crippen LogP contribution in [0.4, 0.5) is 13.2 Å². The van der Waals surface area contributed by atoms with E-state index in [1.807, 2.05) is 18.2 Å². The minimum absolute atomic E-state index is 0.00696. The van der Waals surface area contributed by atoms with Gasteiger partial charge in [0.15, 0.2) is 0 Å². The lowest BCUT2D eigenvalue weighted by molar-refractivity contribution is -0.127. The zero-order valence-corrected chi connectivity index (χ0v) is 14.2. The number of carbonyl (C=O) groups is 1. The Morgan fingerprint density at radius 3 is 2.00 bits per heavy atom. The van der Waals surface area contributed by atoms with Crippen molar-refractivity contribution in [1.82, 2.24) is 4.90 Å². The van der Waals surface area contributed by atoms with Crippen LogP contribution in [0.3, 0.4) is 0 Å². The average molecular weight is 359 g/mol. The molecule has 0 radical (unpaired) electrons. The monoisotopic (exact) mass is 359 g/mol. The van der Waals surface area contributed by atoms with E-state index in [0.717, 1.165) is 18.9 Å². The highest BCUT2D eigenvalue weighted by Gasteiger charge is 2.36. The van der Waals surface area contributed by atoms with Crippen molar-refractivity contribution in [3.8, 4) is 0 Å².